The highest BCUT2D eigenvalue weighted by Gasteiger charge is 2.17. The van der Waals surface area contributed by atoms with Crippen molar-refractivity contribution >= 4 is 29.1 Å². The van der Waals surface area contributed by atoms with Crippen LogP contribution in [-0.4, -0.2) is 11.8 Å². The van der Waals surface area contributed by atoms with Crippen LogP contribution in [0.4, 0.5) is 10.1 Å². The van der Waals surface area contributed by atoms with Crippen LogP contribution < -0.4 is 10.6 Å². The number of anilines is 1. The molecule has 2 N–H and O–H groups in total. The molecule has 0 bridgehead atoms. The van der Waals surface area contributed by atoms with Gasteiger partial charge in [0.15, 0.2) is 0 Å². The second-order valence-corrected chi connectivity index (χ2v) is 5.45. The van der Waals surface area contributed by atoms with Gasteiger partial charge >= 0.3 is 0 Å². The number of carbonyl (C=O) groups excluding carboxylic acids is 2. The Balaban J connectivity index is 2.08. The van der Waals surface area contributed by atoms with Crippen molar-refractivity contribution in [3.8, 4) is 0 Å². The fraction of sp³-hybridized carbons (Fsp3) is 0.176. The van der Waals surface area contributed by atoms with E-state index in [1.807, 2.05) is 30.3 Å². The molecule has 120 valence electrons. The fourth-order valence-corrected chi connectivity index (χ4v) is 2.33. The minimum Gasteiger partial charge on any atom is -0.349 e. The Morgan fingerprint density at radius 1 is 1.17 bits per heavy atom. The molecule has 0 spiro atoms. The van der Waals surface area contributed by atoms with E-state index < -0.39 is 11.9 Å². The van der Waals surface area contributed by atoms with Gasteiger partial charge in [-0.3, -0.25) is 9.59 Å². The molecule has 0 unspecified atom stereocenters. The number of rotatable bonds is 5. The van der Waals surface area contributed by atoms with Crippen LogP contribution >= 0.6 is 11.6 Å². The minimum atomic E-state index is -0.551. The van der Waals surface area contributed by atoms with Gasteiger partial charge in [0.25, 0.3) is 0 Å². The van der Waals surface area contributed by atoms with Gasteiger partial charge in [-0.25, -0.2) is 4.39 Å². The van der Waals surface area contributed by atoms with E-state index in [0.717, 1.165) is 5.56 Å². The van der Waals surface area contributed by atoms with Crippen LogP contribution in [0.25, 0.3) is 0 Å². The summed E-state index contributed by atoms with van der Waals surface area (Å²) in [7, 11) is 0. The van der Waals surface area contributed by atoms with Gasteiger partial charge in [-0.05, 0) is 23.8 Å². The maximum atomic E-state index is 13.1. The highest BCUT2D eigenvalue weighted by atomic mass is 35.5. The van der Waals surface area contributed by atoms with E-state index >= 15 is 0 Å². The van der Waals surface area contributed by atoms with Gasteiger partial charge < -0.3 is 10.6 Å². The van der Waals surface area contributed by atoms with Gasteiger partial charge in [0, 0.05) is 12.6 Å². The number of benzene rings is 2. The van der Waals surface area contributed by atoms with Gasteiger partial charge in [-0.1, -0.05) is 41.9 Å². The number of halogens is 2. The lowest BCUT2D eigenvalue weighted by Crippen LogP contribution is -2.29. The Labute approximate surface area is 138 Å². The maximum absolute atomic E-state index is 13.1. The van der Waals surface area contributed by atoms with Crippen LogP contribution in [0.2, 0.25) is 5.02 Å². The molecule has 0 aliphatic rings. The Kier molecular flexibility index (Phi) is 5.71. The summed E-state index contributed by atoms with van der Waals surface area (Å²) in [5.74, 6) is -1.09. The van der Waals surface area contributed by atoms with Crippen molar-refractivity contribution in [1.82, 2.24) is 5.32 Å². The van der Waals surface area contributed by atoms with Crippen LogP contribution in [0.3, 0.4) is 0 Å². The van der Waals surface area contributed by atoms with E-state index in [4.69, 9.17) is 11.6 Å². The van der Waals surface area contributed by atoms with Gasteiger partial charge in [0.1, 0.15) is 5.82 Å². The molecule has 0 radical (unpaired) electrons. The van der Waals surface area contributed by atoms with Crippen molar-refractivity contribution in [2.45, 2.75) is 19.4 Å². The minimum absolute atomic E-state index is 0.0542. The Hall–Kier alpha value is -2.40. The Bertz CT molecular complexity index is 707. The van der Waals surface area contributed by atoms with E-state index in [9.17, 15) is 14.0 Å². The molecule has 23 heavy (non-hydrogen) atoms. The summed E-state index contributed by atoms with van der Waals surface area (Å²) in [6.07, 6.45) is 0.0542. The molecule has 6 heteroatoms. The molecule has 1 atom stereocenters. The maximum Gasteiger partial charge on any atom is 0.226 e. The largest absolute Gasteiger partial charge is 0.349 e. The lowest BCUT2D eigenvalue weighted by Gasteiger charge is -2.18. The van der Waals surface area contributed by atoms with Crippen LogP contribution in [0, 0.1) is 5.82 Å². The number of hydrogen-bond donors (Lipinski definition) is 2. The van der Waals surface area contributed by atoms with E-state index in [2.05, 4.69) is 10.6 Å². The standard InChI is InChI=1S/C17H16ClFN2O2/c1-11(22)20-16(12-5-3-2-4-6-12)10-17(23)21-13-7-8-15(19)14(18)9-13/h2-9,16H,10H2,1H3,(H,20,22)(H,21,23)/t16-/m0/s1. The lowest BCUT2D eigenvalue weighted by molar-refractivity contribution is -0.120. The summed E-state index contributed by atoms with van der Waals surface area (Å²) in [6.45, 7) is 1.40. The third-order valence-corrected chi connectivity index (χ3v) is 3.46. The average molecular weight is 335 g/mol. The smallest absolute Gasteiger partial charge is 0.226 e. The number of hydrogen-bond acceptors (Lipinski definition) is 2. The zero-order valence-electron chi connectivity index (χ0n) is 12.5. The highest BCUT2D eigenvalue weighted by molar-refractivity contribution is 6.31. The predicted molar refractivity (Wildman–Crippen MR) is 87.7 cm³/mol. The summed E-state index contributed by atoms with van der Waals surface area (Å²) >= 11 is 5.68. The van der Waals surface area contributed by atoms with Crippen molar-refractivity contribution < 1.29 is 14.0 Å². The lowest BCUT2D eigenvalue weighted by atomic mass is 10.0. The highest BCUT2D eigenvalue weighted by Crippen LogP contribution is 2.21. The van der Waals surface area contributed by atoms with Crippen LogP contribution in [-0.2, 0) is 9.59 Å². The summed E-state index contributed by atoms with van der Waals surface area (Å²) < 4.78 is 13.1. The van der Waals surface area contributed by atoms with Gasteiger partial charge in [-0.15, -0.1) is 0 Å². The van der Waals surface area contributed by atoms with E-state index in [1.165, 1.54) is 25.1 Å². The number of nitrogens with one attached hydrogen (secondary N) is 2. The first-order valence-electron chi connectivity index (χ1n) is 7.02. The molecular formula is C17H16ClFN2O2. The molecule has 2 rings (SSSR count). The van der Waals surface area contributed by atoms with Crippen LogP contribution in [0.1, 0.15) is 24.9 Å². The molecule has 0 aliphatic carbocycles. The summed E-state index contributed by atoms with van der Waals surface area (Å²) in [5, 5.41) is 5.32. The zero-order valence-corrected chi connectivity index (χ0v) is 13.2. The molecule has 0 fully saturated rings. The summed E-state index contributed by atoms with van der Waals surface area (Å²) in [4.78, 5) is 23.5. The summed E-state index contributed by atoms with van der Waals surface area (Å²) in [6, 6.07) is 12.7. The molecule has 2 aromatic rings. The first-order chi connectivity index (χ1) is 11.0. The summed E-state index contributed by atoms with van der Waals surface area (Å²) in [5.41, 5.74) is 1.23. The molecule has 0 aliphatic heterocycles. The van der Waals surface area contributed by atoms with E-state index in [-0.39, 0.29) is 23.3 Å². The number of amides is 2. The Morgan fingerprint density at radius 2 is 1.87 bits per heavy atom. The van der Waals surface area contributed by atoms with Crippen molar-refractivity contribution in [3.63, 3.8) is 0 Å². The van der Waals surface area contributed by atoms with E-state index in [1.54, 1.807) is 0 Å². The van der Waals surface area contributed by atoms with E-state index in [0.29, 0.717) is 5.69 Å². The third kappa shape index (κ3) is 5.07. The van der Waals surface area contributed by atoms with Crippen LogP contribution in [0.5, 0.6) is 0 Å². The monoisotopic (exact) mass is 334 g/mol. The van der Waals surface area contributed by atoms with Gasteiger partial charge in [0.05, 0.1) is 17.5 Å². The number of carbonyl (C=O) groups is 2. The van der Waals surface area contributed by atoms with Crippen molar-refractivity contribution in [1.29, 1.82) is 0 Å². The molecule has 4 nitrogen and oxygen atoms in total. The third-order valence-electron chi connectivity index (χ3n) is 3.17. The molecule has 0 saturated carbocycles. The zero-order chi connectivity index (χ0) is 16.8. The average Bonchev–Trinajstić information content (AvgIpc) is 2.51. The molecule has 0 saturated heterocycles. The molecule has 0 heterocycles. The van der Waals surface area contributed by atoms with Crippen LogP contribution in [0.15, 0.2) is 48.5 Å². The first-order valence-corrected chi connectivity index (χ1v) is 7.40. The molecule has 2 amide bonds. The molecule has 0 aromatic heterocycles. The molecule has 2 aromatic carbocycles. The van der Waals surface area contributed by atoms with Crippen molar-refractivity contribution in [2.75, 3.05) is 5.32 Å². The fourth-order valence-electron chi connectivity index (χ4n) is 2.15. The topological polar surface area (TPSA) is 58.2 Å². The first kappa shape index (κ1) is 17.0. The second kappa shape index (κ2) is 7.74. The predicted octanol–water partition coefficient (Wildman–Crippen LogP) is 3.69. The van der Waals surface area contributed by atoms with Crippen molar-refractivity contribution in [2.24, 2.45) is 0 Å². The normalized spacial score (nSPS) is 11.6. The quantitative estimate of drug-likeness (QED) is 0.876. The second-order valence-electron chi connectivity index (χ2n) is 5.04. The molecular weight excluding hydrogens is 319 g/mol. The van der Waals surface area contributed by atoms with Gasteiger partial charge in [0.2, 0.25) is 11.8 Å². The van der Waals surface area contributed by atoms with Crippen molar-refractivity contribution in [3.05, 3.63) is 64.9 Å². The SMILES string of the molecule is CC(=O)N[C@@H](CC(=O)Nc1ccc(F)c(Cl)c1)c1ccccc1. The Morgan fingerprint density at radius 3 is 2.48 bits per heavy atom. The van der Waals surface area contributed by atoms with Gasteiger partial charge in [-0.2, -0.15) is 0 Å².